The number of benzene rings is 1. The SMILES string of the molecule is CC(C)(C)[Si](C)(c1cnc2c3ccccc3ccn12)C(C)(C)C. The van der Waals surface area contributed by atoms with Crippen molar-refractivity contribution in [2.75, 3.05) is 0 Å². The van der Waals surface area contributed by atoms with Gasteiger partial charge in [0.05, 0.1) is 0 Å². The first kappa shape index (κ1) is 16.3. The Morgan fingerprint density at radius 3 is 2.13 bits per heavy atom. The Morgan fingerprint density at radius 1 is 0.913 bits per heavy atom. The fraction of sp³-hybridized carbons (Fsp3) is 0.450. The molecule has 0 amide bonds. The first-order chi connectivity index (χ1) is 10.6. The Bertz CT molecular complexity index is 849. The maximum Gasteiger partial charge on any atom is 0.144 e. The number of aromatic nitrogens is 2. The van der Waals surface area contributed by atoms with E-state index in [2.05, 4.69) is 95.2 Å². The highest BCUT2D eigenvalue weighted by Crippen LogP contribution is 2.50. The molecule has 0 N–H and O–H groups in total. The summed E-state index contributed by atoms with van der Waals surface area (Å²) in [5.41, 5.74) is 1.09. The van der Waals surface area contributed by atoms with Crippen LogP contribution in [0, 0.1) is 0 Å². The van der Waals surface area contributed by atoms with Gasteiger partial charge in [0.2, 0.25) is 0 Å². The minimum absolute atomic E-state index is 0.257. The Hall–Kier alpha value is -1.61. The van der Waals surface area contributed by atoms with E-state index in [0.29, 0.717) is 0 Å². The summed E-state index contributed by atoms with van der Waals surface area (Å²) in [6.45, 7) is 16.9. The fourth-order valence-electron chi connectivity index (χ4n) is 3.98. The molecule has 0 bridgehead atoms. The van der Waals surface area contributed by atoms with Gasteiger partial charge < -0.3 is 4.40 Å². The summed E-state index contributed by atoms with van der Waals surface area (Å²) in [6.07, 6.45) is 4.35. The van der Waals surface area contributed by atoms with Crippen LogP contribution in [-0.4, -0.2) is 17.5 Å². The molecule has 2 aromatic heterocycles. The molecule has 0 saturated carbocycles. The lowest BCUT2D eigenvalue weighted by atomic mass is 10.2. The van der Waals surface area contributed by atoms with Crippen LogP contribution in [0.25, 0.3) is 16.4 Å². The van der Waals surface area contributed by atoms with Crippen LogP contribution < -0.4 is 5.32 Å². The molecule has 2 heterocycles. The van der Waals surface area contributed by atoms with Crippen LogP contribution in [0.4, 0.5) is 0 Å². The van der Waals surface area contributed by atoms with E-state index in [1.54, 1.807) is 0 Å². The van der Waals surface area contributed by atoms with Crippen LogP contribution in [-0.2, 0) is 0 Å². The highest BCUT2D eigenvalue weighted by Gasteiger charge is 2.52. The smallest absolute Gasteiger partial charge is 0.144 e. The molecule has 0 spiro atoms. The van der Waals surface area contributed by atoms with Gasteiger partial charge in [-0.3, -0.25) is 0 Å². The Balaban J connectivity index is 2.37. The van der Waals surface area contributed by atoms with Gasteiger partial charge in [-0.1, -0.05) is 72.4 Å². The highest BCUT2D eigenvalue weighted by atomic mass is 28.3. The van der Waals surface area contributed by atoms with Gasteiger partial charge in [0.15, 0.2) is 0 Å². The molecule has 0 unspecified atom stereocenters. The van der Waals surface area contributed by atoms with Gasteiger partial charge in [-0.15, -0.1) is 0 Å². The molecule has 1 aromatic carbocycles. The summed E-state index contributed by atoms with van der Waals surface area (Å²) in [5, 5.41) is 4.44. The number of imidazole rings is 1. The van der Waals surface area contributed by atoms with Crippen LogP contribution in [0.15, 0.2) is 42.7 Å². The lowest BCUT2D eigenvalue weighted by Gasteiger charge is -2.49. The lowest BCUT2D eigenvalue weighted by Crippen LogP contribution is -2.60. The zero-order valence-electron chi connectivity index (χ0n) is 15.4. The largest absolute Gasteiger partial charge is 0.308 e. The second-order valence-corrected chi connectivity index (χ2v) is 14.6. The maximum absolute atomic E-state index is 4.84. The van der Waals surface area contributed by atoms with Crippen molar-refractivity contribution in [3.63, 3.8) is 0 Å². The Morgan fingerprint density at radius 2 is 1.52 bits per heavy atom. The van der Waals surface area contributed by atoms with Gasteiger partial charge in [0, 0.05) is 23.1 Å². The average molecular weight is 325 g/mol. The zero-order valence-corrected chi connectivity index (χ0v) is 16.4. The molecule has 0 aliphatic carbocycles. The number of hydrogen-bond donors (Lipinski definition) is 0. The molecule has 0 aliphatic rings. The van der Waals surface area contributed by atoms with Crippen molar-refractivity contribution >= 4 is 29.8 Å². The summed E-state index contributed by atoms with van der Waals surface area (Å²) in [4.78, 5) is 4.84. The molecule has 122 valence electrons. The number of pyridine rings is 1. The van der Waals surface area contributed by atoms with E-state index < -0.39 is 8.07 Å². The van der Waals surface area contributed by atoms with E-state index in [4.69, 9.17) is 4.98 Å². The average Bonchev–Trinajstić information content (AvgIpc) is 2.88. The van der Waals surface area contributed by atoms with E-state index in [-0.39, 0.29) is 10.1 Å². The Kier molecular flexibility index (Phi) is 3.49. The van der Waals surface area contributed by atoms with Crippen molar-refractivity contribution in [3.05, 3.63) is 42.7 Å². The van der Waals surface area contributed by atoms with E-state index in [1.165, 1.54) is 16.1 Å². The van der Waals surface area contributed by atoms with Gasteiger partial charge in [-0.05, 0) is 21.5 Å². The van der Waals surface area contributed by atoms with Crippen LogP contribution in [0.1, 0.15) is 41.5 Å². The first-order valence-corrected chi connectivity index (χ1v) is 10.9. The number of hydrogen-bond acceptors (Lipinski definition) is 1. The highest BCUT2D eigenvalue weighted by molar-refractivity contribution is 6.94. The molecule has 3 heteroatoms. The predicted octanol–water partition coefficient (Wildman–Crippen LogP) is 5.37. The summed E-state index contributed by atoms with van der Waals surface area (Å²) < 4.78 is 2.35. The summed E-state index contributed by atoms with van der Waals surface area (Å²) in [5.74, 6) is 0. The quantitative estimate of drug-likeness (QED) is 0.550. The molecule has 0 saturated heterocycles. The third-order valence-corrected chi connectivity index (χ3v) is 13.3. The number of nitrogens with zero attached hydrogens (tertiary/aromatic N) is 2. The van der Waals surface area contributed by atoms with Crippen LogP contribution >= 0.6 is 0 Å². The molecule has 3 aromatic rings. The molecular weight excluding hydrogens is 296 g/mol. The molecule has 3 rings (SSSR count). The normalized spacial score (nSPS) is 13.9. The summed E-state index contributed by atoms with van der Waals surface area (Å²) in [7, 11) is -1.83. The number of fused-ring (bicyclic) bond motifs is 3. The second kappa shape index (κ2) is 4.94. The van der Waals surface area contributed by atoms with Crippen molar-refractivity contribution < 1.29 is 0 Å². The van der Waals surface area contributed by atoms with Gasteiger partial charge in [0.1, 0.15) is 13.7 Å². The second-order valence-electron chi connectivity index (χ2n) is 8.87. The molecule has 0 atom stereocenters. The van der Waals surface area contributed by atoms with Crippen LogP contribution in [0.3, 0.4) is 0 Å². The first-order valence-electron chi connectivity index (χ1n) is 8.43. The van der Waals surface area contributed by atoms with Crippen LogP contribution in [0.5, 0.6) is 0 Å². The van der Waals surface area contributed by atoms with Gasteiger partial charge in [-0.2, -0.15) is 0 Å². The van der Waals surface area contributed by atoms with E-state index in [9.17, 15) is 0 Å². The van der Waals surface area contributed by atoms with Gasteiger partial charge in [0.25, 0.3) is 0 Å². The summed E-state index contributed by atoms with van der Waals surface area (Å²) in [6, 6.07) is 10.7. The Labute approximate surface area is 140 Å². The van der Waals surface area contributed by atoms with Crippen molar-refractivity contribution in [2.45, 2.75) is 58.2 Å². The predicted molar refractivity (Wildman–Crippen MR) is 103 cm³/mol. The molecule has 0 fully saturated rings. The zero-order chi connectivity index (χ0) is 17.0. The standard InChI is InChI=1S/C20H28N2Si/c1-19(2,3)23(7,20(4,5)6)17-14-21-18-16-11-9-8-10-15(16)12-13-22(17)18/h8-14H,1-7H3. The molecular formula is C20H28N2Si. The molecule has 2 nitrogen and oxygen atoms in total. The summed E-state index contributed by atoms with van der Waals surface area (Å²) >= 11 is 0. The minimum Gasteiger partial charge on any atom is -0.308 e. The molecule has 0 radical (unpaired) electrons. The topological polar surface area (TPSA) is 17.3 Å². The van der Waals surface area contributed by atoms with Crippen molar-refractivity contribution in [2.24, 2.45) is 0 Å². The van der Waals surface area contributed by atoms with E-state index in [0.717, 1.165) is 5.65 Å². The number of rotatable bonds is 1. The maximum atomic E-state index is 4.84. The van der Waals surface area contributed by atoms with Crippen molar-refractivity contribution in [3.8, 4) is 0 Å². The molecule has 0 aliphatic heterocycles. The van der Waals surface area contributed by atoms with E-state index in [1.807, 2.05) is 0 Å². The van der Waals surface area contributed by atoms with Crippen LogP contribution in [0.2, 0.25) is 16.6 Å². The minimum atomic E-state index is -1.83. The van der Waals surface area contributed by atoms with E-state index >= 15 is 0 Å². The van der Waals surface area contributed by atoms with Gasteiger partial charge >= 0.3 is 0 Å². The fourth-order valence-corrected chi connectivity index (χ4v) is 8.75. The molecule has 23 heavy (non-hydrogen) atoms. The third-order valence-electron chi connectivity index (χ3n) is 5.91. The van der Waals surface area contributed by atoms with Gasteiger partial charge in [-0.25, -0.2) is 4.98 Å². The monoisotopic (exact) mass is 324 g/mol. The van der Waals surface area contributed by atoms with Crippen molar-refractivity contribution in [1.29, 1.82) is 0 Å². The van der Waals surface area contributed by atoms with Crippen molar-refractivity contribution in [1.82, 2.24) is 9.38 Å². The lowest BCUT2D eigenvalue weighted by molar-refractivity contribution is 0.627. The third kappa shape index (κ3) is 2.25.